The van der Waals surface area contributed by atoms with Gasteiger partial charge in [-0.1, -0.05) is 32.9 Å². The molecule has 78 valence electrons. The number of hydrogen-bond acceptors (Lipinski definition) is 1. The summed E-state index contributed by atoms with van der Waals surface area (Å²) < 4.78 is 13.3. The summed E-state index contributed by atoms with van der Waals surface area (Å²) in [5, 5.41) is 3.22. The van der Waals surface area contributed by atoms with E-state index in [4.69, 9.17) is 0 Å². The maximum Gasteiger partial charge on any atom is 0.146 e. The Morgan fingerprint density at radius 1 is 1.29 bits per heavy atom. The standard InChI is InChI=1S/C12H18FN/c1-4-11(9(2)3)14-12-8-6-5-7-10(12)13/h5-9,11,14H,4H2,1-3H3/t11-/m0/s1. The van der Waals surface area contributed by atoms with Crippen LogP contribution in [0.25, 0.3) is 0 Å². The van der Waals surface area contributed by atoms with Crippen molar-refractivity contribution in [2.24, 2.45) is 5.92 Å². The number of nitrogens with one attached hydrogen (secondary N) is 1. The molecule has 2 heteroatoms. The van der Waals surface area contributed by atoms with Crippen LogP contribution in [0.4, 0.5) is 10.1 Å². The molecule has 0 radical (unpaired) electrons. The van der Waals surface area contributed by atoms with Crippen LogP contribution in [0.5, 0.6) is 0 Å². The molecule has 0 unspecified atom stereocenters. The Morgan fingerprint density at radius 2 is 1.93 bits per heavy atom. The summed E-state index contributed by atoms with van der Waals surface area (Å²) in [6.07, 6.45) is 1.01. The van der Waals surface area contributed by atoms with E-state index < -0.39 is 0 Å². The van der Waals surface area contributed by atoms with Crippen LogP contribution in [0.3, 0.4) is 0 Å². The van der Waals surface area contributed by atoms with E-state index in [1.807, 2.05) is 6.07 Å². The molecule has 14 heavy (non-hydrogen) atoms. The van der Waals surface area contributed by atoms with Crippen LogP contribution in [0.1, 0.15) is 27.2 Å². The first kappa shape index (κ1) is 11.0. The quantitative estimate of drug-likeness (QED) is 0.773. The normalized spacial score (nSPS) is 12.9. The Bertz CT molecular complexity index is 283. The lowest BCUT2D eigenvalue weighted by Crippen LogP contribution is -2.25. The lowest BCUT2D eigenvalue weighted by molar-refractivity contribution is 0.507. The summed E-state index contributed by atoms with van der Waals surface area (Å²) in [5.74, 6) is 0.339. The van der Waals surface area contributed by atoms with Gasteiger partial charge in [-0.25, -0.2) is 4.39 Å². The zero-order chi connectivity index (χ0) is 10.6. The van der Waals surface area contributed by atoms with E-state index >= 15 is 0 Å². The molecule has 0 heterocycles. The number of hydrogen-bond donors (Lipinski definition) is 1. The maximum absolute atomic E-state index is 13.3. The van der Waals surface area contributed by atoms with E-state index in [1.165, 1.54) is 6.07 Å². The Balaban J connectivity index is 2.72. The van der Waals surface area contributed by atoms with Crippen molar-refractivity contribution in [3.05, 3.63) is 30.1 Å². The van der Waals surface area contributed by atoms with Gasteiger partial charge in [-0.15, -0.1) is 0 Å². The number of halogens is 1. The summed E-state index contributed by atoms with van der Waals surface area (Å²) in [6, 6.07) is 7.15. The van der Waals surface area contributed by atoms with Crippen molar-refractivity contribution >= 4 is 5.69 Å². The van der Waals surface area contributed by atoms with Gasteiger partial charge in [-0.05, 0) is 24.5 Å². The molecule has 0 aromatic heterocycles. The maximum atomic E-state index is 13.3. The fraction of sp³-hybridized carbons (Fsp3) is 0.500. The molecule has 1 atom stereocenters. The van der Waals surface area contributed by atoms with Gasteiger partial charge in [0.15, 0.2) is 0 Å². The van der Waals surface area contributed by atoms with Gasteiger partial charge in [-0.3, -0.25) is 0 Å². The lowest BCUT2D eigenvalue weighted by atomic mass is 10.0. The second-order valence-corrected chi connectivity index (χ2v) is 3.88. The zero-order valence-corrected chi connectivity index (χ0v) is 9.05. The second kappa shape index (κ2) is 4.99. The third kappa shape index (κ3) is 2.72. The largest absolute Gasteiger partial charge is 0.380 e. The third-order valence-corrected chi connectivity index (χ3v) is 2.46. The van der Waals surface area contributed by atoms with Gasteiger partial charge >= 0.3 is 0 Å². The number of rotatable bonds is 4. The molecule has 1 rings (SSSR count). The summed E-state index contributed by atoms with van der Waals surface area (Å²) in [7, 11) is 0. The summed E-state index contributed by atoms with van der Waals surface area (Å²) in [4.78, 5) is 0. The minimum absolute atomic E-state index is 0.174. The monoisotopic (exact) mass is 195 g/mol. The summed E-state index contributed by atoms with van der Waals surface area (Å²) in [5.41, 5.74) is 0.605. The van der Waals surface area contributed by atoms with Gasteiger partial charge < -0.3 is 5.32 Å². The van der Waals surface area contributed by atoms with Crippen molar-refractivity contribution in [3.63, 3.8) is 0 Å². The van der Waals surface area contributed by atoms with Crippen molar-refractivity contribution in [2.75, 3.05) is 5.32 Å². The Hall–Kier alpha value is -1.05. The Labute approximate surface area is 85.3 Å². The van der Waals surface area contributed by atoms with Crippen molar-refractivity contribution in [1.29, 1.82) is 0 Å². The molecule has 0 saturated heterocycles. The Morgan fingerprint density at radius 3 is 2.43 bits per heavy atom. The highest BCUT2D eigenvalue weighted by Crippen LogP contribution is 2.17. The average molecular weight is 195 g/mol. The van der Waals surface area contributed by atoms with Crippen LogP contribution in [0, 0.1) is 11.7 Å². The summed E-state index contributed by atoms with van der Waals surface area (Å²) in [6.45, 7) is 6.39. The van der Waals surface area contributed by atoms with Crippen molar-refractivity contribution in [3.8, 4) is 0 Å². The van der Waals surface area contributed by atoms with Crippen LogP contribution >= 0.6 is 0 Å². The topological polar surface area (TPSA) is 12.0 Å². The predicted octanol–water partition coefficient (Wildman–Crippen LogP) is 3.67. The van der Waals surface area contributed by atoms with Gasteiger partial charge in [0.2, 0.25) is 0 Å². The number of para-hydroxylation sites is 1. The van der Waals surface area contributed by atoms with Gasteiger partial charge in [0.05, 0.1) is 5.69 Å². The van der Waals surface area contributed by atoms with E-state index in [0.717, 1.165) is 6.42 Å². The van der Waals surface area contributed by atoms with E-state index in [2.05, 4.69) is 26.1 Å². The van der Waals surface area contributed by atoms with Crippen molar-refractivity contribution in [2.45, 2.75) is 33.2 Å². The molecule has 0 aliphatic rings. The second-order valence-electron chi connectivity index (χ2n) is 3.88. The molecule has 1 N–H and O–H groups in total. The van der Waals surface area contributed by atoms with E-state index in [0.29, 0.717) is 17.6 Å². The minimum Gasteiger partial charge on any atom is -0.380 e. The van der Waals surface area contributed by atoms with Gasteiger partial charge in [0.25, 0.3) is 0 Å². The highest BCUT2D eigenvalue weighted by molar-refractivity contribution is 5.45. The number of benzene rings is 1. The molecule has 1 nitrogen and oxygen atoms in total. The van der Waals surface area contributed by atoms with E-state index in [-0.39, 0.29) is 5.82 Å². The molecule has 1 aromatic carbocycles. The fourth-order valence-electron chi connectivity index (χ4n) is 1.52. The molecule has 0 bridgehead atoms. The minimum atomic E-state index is -0.174. The smallest absolute Gasteiger partial charge is 0.146 e. The van der Waals surface area contributed by atoms with Crippen LogP contribution in [-0.4, -0.2) is 6.04 Å². The van der Waals surface area contributed by atoms with Crippen LogP contribution in [0.2, 0.25) is 0 Å². The van der Waals surface area contributed by atoms with Crippen LogP contribution < -0.4 is 5.32 Å². The summed E-state index contributed by atoms with van der Waals surface area (Å²) >= 11 is 0. The van der Waals surface area contributed by atoms with E-state index in [1.54, 1.807) is 12.1 Å². The first-order chi connectivity index (χ1) is 6.65. The van der Waals surface area contributed by atoms with Gasteiger partial charge in [-0.2, -0.15) is 0 Å². The first-order valence-corrected chi connectivity index (χ1v) is 5.16. The first-order valence-electron chi connectivity index (χ1n) is 5.16. The third-order valence-electron chi connectivity index (χ3n) is 2.46. The van der Waals surface area contributed by atoms with Crippen molar-refractivity contribution in [1.82, 2.24) is 0 Å². The lowest BCUT2D eigenvalue weighted by Gasteiger charge is -2.22. The van der Waals surface area contributed by atoms with Gasteiger partial charge in [0, 0.05) is 6.04 Å². The van der Waals surface area contributed by atoms with E-state index in [9.17, 15) is 4.39 Å². The molecule has 0 aliphatic heterocycles. The molecular weight excluding hydrogens is 177 g/mol. The van der Waals surface area contributed by atoms with Crippen LogP contribution in [0.15, 0.2) is 24.3 Å². The molecule has 0 fully saturated rings. The molecular formula is C12H18FN. The Kier molecular flexibility index (Phi) is 3.93. The number of anilines is 1. The highest BCUT2D eigenvalue weighted by Gasteiger charge is 2.11. The zero-order valence-electron chi connectivity index (χ0n) is 9.05. The SMILES string of the molecule is CC[C@H](Nc1ccccc1F)C(C)C. The highest BCUT2D eigenvalue weighted by atomic mass is 19.1. The van der Waals surface area contributed by atoms with Crippen molar-refractivity contribution < 1.29 is 4.39 Å². The molecule has 0 saturated carbocycles. The fourth-order valence-corrected chi connectivity index (χ4v) is 1.52. The van der Waals surface area contributed by atoms with Gasteiger partial charge in [0.1, 0.15) is 5.82 Å². The average Bonchev–Trinajstić information content (AvgIpc) is 2.16. The molecule has 0 aliphatic carbocycles. The predicted molar refractivity (Wildman–Crippen MR) is 58.9 cm³/mol. The molecule has 1 aromatic rings. The molecule has 0 spiro atoms. The molecule has 0 amide bonds. The van der Waals surface area contributed by atoms with Crippen LogP contribution in [-0.2, 0) is 0 Å².